The van der Waals surface area contributed by atoms with Gasteiger partial charge >= 0.3 is 0 Å². The quantitative estimate of drug-likeness (QED) is 0.850. The van der Waals surface area contributed by atoms with Crippen molar-refractivity contribution in [2.45, 2.75) is 4.90 Å². The molecule has 20 heavy (non-hydrogen) atoms. The summed E-state index contributed by atoms with van der Waals surface area (Å²) in [7, 11) is -2.18. The molecular weight excluding hydrogens is 300 g/mol. The molecule has 7 heteroatoms. The van der Waals surface area contributed by atoms with Crippen LogP contribution in [0.3, 0.4) is 0 Å². The third-order valence-corrected chi connectivity index (χ3v) is 4.27. The van der Waals surface area contributed by atoms with Gasteiger partial charge in [0.1, 0.15) is 11.5 Å². The molecule has 0 saturated heterocycles. The highest BCUT2D eigenvalue weighted by atomic mass is 35.5. The molecule has 0 amide bonds. The number of hydrogen-bond acceptors (Lipinski definition) is 4. The van der Waals surface area contributed by atoms with E-state index in [1.807, 2.05) is 0 Å². The number of anilines is 1. The molecule has 2 aromatic carbocycles. The van der Waals surface area contributed by atoms with Crippen LogP contribution in [0.2, 0.25) is 5.02 Å². The highest BCUT2D eigenvalue weighted by molar-refractivity contribution is 7.89. The minimum atomic E-state index is -3.52. The van der Waals surface area contributed by atoms with E-state index in [0.717, 1.165) is 0 Å². The van der Waals surface area contributed by atoms with E-state index in [0.29, 0.717) is 16.5 Å². The van der Waals surface area contributed by atoms with E-state index in [1.54, 1.807) is 24.3 Å². The first kappa shape index (κ1) is 14.6. The summed E-state index contributed by atoms with van der Waals surface area (Å²) >= 11 is 5.78. The molecule has 0 fully saturated rings. The third-order valence-electron chi connectivity index (χ3n) is 2.60. The summed E-state index contributed by atoms with van der Waals surface area (Å²) in [5, 5.41) is 0.598. The maximum atomic E-state index is 11.6. The van der Waals surface area contributed by atoms with Crippen LogP contribution < -0.4 is 15.2 Å². The Kier molecular flexibility index (Phi) is 4.17. The molecular formula is C13H13ClN2O3S. The predicted octanol–water partition coefficient (Wildman–Crippen LogP) is 2.62. The van der Waals surface area contributed by atoms with Gasteiger partial charge in [0.05, 0.1) is 10.6 Å². The van der Waals surface area contributed by atoms with Crippen LogP contribution in [0.1, 0.15) is 0 Å². The Morgan fingerprint density at radius 3 is 2.35 bits per heavy atom. The van der Waals surface area contributed by atoms with Crippen LogP contribution in [0, 0.1) is 0 Å². The summed E-state index contributed by atoms with van der Waals surface area (Å²) in [4.78, 5) is 0.0842. The van der Waals surface area contributed by atoms with Crippen LogP contribution in [0.5, 0.6) is 11.5 Å². The summed E-state index contributed by atoms with van der Waals surface area (Å²) in [6.07, 6.45) is 0. The average Bonchev–Trinajstić information content (AvgIpc) is 2.43. The number of nitrogens with two attached hydrogens (primary N) is 1. The Morgan fingerprint density at radius 1 is 1.15 bits per heavy atom. The van der Waals surface area contributed by atoms with Crippen LogP contribution in [0.15, 0.2) is 47.4 Å². The summed E-state index contributed by atoms with van der Waals surface area (Å²) in [5.74, 6) is 0.938. The SMILES string of the molecule is CNS(=O)(=O)c1ccc(Oc2ccc(Cl)cc2)c(N)c1. The van der Waals surface area contributed by atoms with Gasteiger partial charge in [0.15, 0.2) is 0 Å². The summed E-state index contributed by atoms with van der Waals surface area (Å²) in [6, 6.07) is 11.0. The first-order valence-electron chi connectivity index (χ1n) is 5.69. The molecule has 0 aromatic heterocycles. The molecule has 0 aliphatic carbocycles. The van der Waals surface area contributed by atoms with Crippen molar-refractivity contribution in [1.82, 2.24) is 4.72 Å². The highest BCUT2D eigenvalue weighted by Gasteiger charge is 2.13. The number of benzene rings is 2. The number of rotatable bonds is 4. The summed E-state index contributed by atoms with van der Waals surface area (Å²) < 4.78 is 31.1. The lowest BCUT2D eigenvalue weighted by Gasteiger charge is -2.10. The van der Waals surface area contributed by atoms with Gasteiger partial charge in [0.25, 0.3) is 0 Å². The Morgan fingerprint density at radius 2 is 1.80 bits per heavy atom. The zero-order chi connectivity index (χ0) is 14.8. The van der Waals surface area contributed by atoms with Crippen molar-refractivity contribution in [2.24, 2.45) is 0 Å². The number of halogens is 1. The van der Waals surface area contributed by atoms with Crippen molar-refractivity contribution >= 4 is 27.3 Å². The zero-order valence-electron chi connectivity index (χ0n) is 10.6. The normalized spacial score (nSPS) is 11.3. The molecule has 0 radical (unpaired) electrons. The van der Waals surface area contributed by atoms with Gasteiger partial charge in [-0.15, -0.1) is 0 Å². The lowest BCUT2D eigenvalue weighted by atomic mass is 10.3. The van der Waals surface area contributed by atoms with Crippen molar-refractivity contribution in [2.75, 3.05) is 12.8 Å². The molecule has 5 nitrogen and oxygen atoms in total. The average molecular weight is 313 g/mol. The molecule has 3 N–H and O–H groups in total. The van der Waals surface area contributed by atoms with Crippen molar-refractivity contribution in [1.29, 1.82) is 0 Å². The van der Waals surface area contributed by atoms with E-state index < -0.39 is 10.0 Å². The molecule has 0 saturated carbocycles. The van der Waals surface area contributed by atoms with Crippen LogP contribution in [0.4, 0.5) is 5.69 Å². The topological polar surface area (TPSA) is 81.4 Å². The molecule has 0 aliphatic rings. The van der Waals surface area contributed by atoms with E-state index in [9.17, 15) is 8.42 Å². The van der Waals surface area contributed by atoms with E-state index in [-0.39, 0.29) is 10.6 Å². The van der Waals surface area contributed by atoms with Gasteiger partial charge in [-0.1, -0.05) is 11.6 Å². The third kappa shape index (κ3) is 3.22. The number of nitrogens with one attached hydrogen (secondary N) is 1. The monoisotopic (exact) mass is 312 g/mol. The second-order valence-corrected chi connectivity index (χ2v) is 6.29. The standard InChI is InChI=1S/C13H13ClN2O3S/c1-16-20(17,18)11-6-7-13(12(15)8-11)19-10-4-2-9(14)3-5-10/h2-8,16H,15H2,1H3. The number of ether oxygens (including phenoxy) is 1. The van der Waals surface area contributed by atoms with Gasteiger partial charge in [-0.2, -0.15) is 0 Å². The van der Waals surface area contributed by atoms with Crippen LogP contribution in [-0.2, 0) is 10.0 Å². The Bertz CT molecular complexity index is 715. The van der Waals surface area contributed by atoms with Crippen molar-refractivity contribution in [3.63, 3.8) is 0 Å². The van der Waals surface area contributed by atoms with Gasteiger partial charge in [0, 0.05) is 5.02 Å². The van der Waals surface area contributed by atoms with Crippen LogP contribution in [-0.4, -0.2) is 15.5 Å². The zero-order valence-corrected chi connectivity index (χ0v) is 12.2. The molecule has 2 aromatic rings. The minimum Gasteiger partial charge on any atom is -0.455 e. The van der Waals surface area contributed by atoms with Gasteiger partial charge in [-0.25, -0.2) is 13.1 Å². The number of nitrogen functional groups attached to an aromatic ring is 1. The molecule has 0 bridgehead atoms. The fraction of sp³-hybridized carbons (Fsp3) is 0.0769. The molecule has 106 valence electrons. The summed E-state index contributed by atoms with van der Waals surface area (Å²) in [6.45, 7) is 0. The predicted molar refractivity (Wildman–Crippen MR) is 78.6 cm³/mol. The molecule has 0 atom stereocenters. The molecule has 0 aliphatic heterocycles. The number of sulfonamides is 1. The fourth-order valence-corrected chi connectivity index (χ4v) is 2.43. The molecule has 2 rings (SSSR count). The first-order chi connectivity index (χ1) is 9.42. The van der Waals surface area contributed by atoms with E-state index in [4.69, 9.17) is 22.1 Å². The van der Waals surface area contributed by atoms with Gasteiger partial charge in [-0.05, 0) is 49.5 Å². The second kappa shape index (κ2) is 5.70. The Hall–Kier alpha value is -1.76. The minimum absolute atomic E-state index is 0.0842. The van der Waals surface area contributed by atoms with Gasteiger partial charge in [-0.3, -0.25) is 0 Å². The van der Waals surface area contributed by atoms with Crippen molar-refractivity contribution in [3.05, 3.63) is 47.5 Å². The second-order valence-electron chi connectivity index (χ2n) is 3.96. The smallest absolute Gasteiger partial charge is 0.240 e. The Balaban J connectivity index is 2.29. The largest absolute Gasteiger partial charge is 0.455 e. The van der Waals surface area contributed by atoms with Crippen LogP contribution in [0.25, 0.3) is 0 Å². The molecule has 0 heterocycles. The van der Waals surface area contributed by atoms with E-state index in [2.05, 4.69) is 4.72 Å². The highest BCUT2D eigenvalue weighted by Crippen LogP contribution is 2.30. The van der Waals surface area contributed by atoms with Crippen LogP contribution >= 0.6 is 11.6 Å². The number of hydrogen-bond donors (Lipinski definition) is 2. The Labute approximate surface area is 122 Å². The molecule has 0 unspecified atom stereocenters. The van der Waals surface area contributed by atoms with Gasteiger partial charge in [0.2, 0.25) is 10.0 Å². The summed E-state index contributed by atoms with van der Waals surface area (Å²) in [5.41, 5.74) is 6.04. The van der Waals surface area contributed by atoms with Crippen molar-refractivity contribution in [3.8, 4) is 11.5 Å². The van der Waals surface area contributed by atoms with Crippen molar-refractivity contribution < 1.29 is 13.2 Å². The lowest BCUT2D eigenvalue weighted by Crippen LogP contribution is -2.18. The lowest BCUT2D eigenvalue weighted by molar-refractivity contribution is 0.484. The molecule has 0 spiro atoms. The van der Waals surface area contributed by atoms with E-state index >= 15 is 0 Å². The van der Waals surface area contributed by atoms with Gasteiger partial charge < -0.3 is 10.5 Å². The maximum absolute atomic E-state index is 11.6. The fourth-order valence-electron chi connectivity index (χ4n) is 1.53. The maximum Gasteiger partial charge on any atom is 0.240 e. The first-order valence-corrected chi connectivity index (χ1v) is 7.55. The van der Waals surface area contributed by atoms with E-state index in [1.165, 1.54) is 25.2 Å².